The lowest BCUT2D eigenvalue weighted by Gasteiger charge is -2.31. The molecule has 0 aliphatic carbocycles. The fourth-order valence-electron chi connectivity index (χ4n) is 1.88. The van der Waals surface area contributed by atoms with E-state index in [0.717, 1.165) is 18.7 Å². The van der Waals surface area contributed by atoms with Crippen molar-refractivity contribution >= 4 is 16.8 Å². The Kier molecular flexibility index (Phi) is 11.2. The third-order valence-corrected chi connectivity index (χ3v) is 6.54. The van der Waals surface area contributed by atoms with E-state index in [0.29, 0.717) is 0 Å². The molecule has 0 aromatic carbocycles. The van der Waals surface area contributed by atoms with E-state index in [-0.39, 0.29) is 22.4 Å². The zero-order valence-electron chi connectivity index (χ0n) is 19.8. The van der Waals surface area contributed by atoms with Crippen LogP contribution < -0.4 is 0 Å². The number of hydrogen-bond donors (Lipinski definition) is 0. The van der Waals surface area contributed by atoms with E-state index in [4.69, 9.17) is 18.1 Å². The Labute approximate surface area is 171 Å². The van der Waals surface area contributed by atoms with Gasteiger partial charge in [-0.25, -0.2) is 0 Å². The highest BCUT2D eigenvalue weighted by molar-refractivity contribution is 7.47. The van der Waals surface area contributed by atoms with Crippen LogP contribution in [0.2, 0.25) is 0 Å². The monoisotopic (exact) mass is 422 g/mol. The molecule has 0 radical (unpaired) electrons. The largest absolute Gasteiger partial charge is 0.328 e. The second-order valence-electron chi connectivity index (χ2n) is 10.6. The van der Waals surface area contributed by atoms with Gasteiger partial charge in [-0.15, -0.1) is 0 Å². The minimum atomic E-state index is -0.957. The third-order valence-electron chi connectivity index (χ3n) is 2.40. The fraction of sp³-hybridized carbons (Fsp3) is 0.905. The van der Waals surface area contributed by atoms with Crippen molar-refractivity contribution in [3.8, 4) is 0 Å². The molecule has 0 atom stereocenters. The standard InChI is InChI=1S/C21H44O4P2/c1-18(2,3)22-26(23-19(4,5)6)16-14-13-15-17-27(24-20(7,8)9)25-21(10,11)12/h13-14H,15-17H2,1-12H3/b14-13+. The first-order valence-electron chi connectivity index (χ1n) is 9.83. The highest BCUT2D eigenvalue weighted by Crippen LogP contribution is 2.48. The average Bonchev–Trinajstić information content (AvgIpc) is 2.29. The predicted molar refractivity (Wildman–Crippen MR) is 121 cm³/mol. The van der Waals surface area contributed by atoms with Crippen LogP contribution >= 0.6 is 16.8 Å². The number of allylic oxidation sites excluding steroid dienone is 2. The first-order chi connectivity index (χ1) is 11.9. The van der Waals surface area contributed by atoms with E-state index in [1.807, 2.05) is 0 Å². The van der Waals surface area contributed by atoms with Gasteiger partial charge < -0.3 is 18.1 Å². The van der Waals surface area contributed by atoms with Crippen LogP contribution in [0.4, 0.5) is 0 Å². The van der Waals surface area contributed by atoms with Crippen molar-refractivity contribution in [2.75, 3.05) is 12.3 Å². The highest BCUT2D eigenvalue weighted by Gasteiger charge is 2.26. The summed E-state index contributed by atoms with van der Waals surface area (Å²) in [6.07, 6.45) is 6.97. The molecule has 0 aliphatic heterocycles. The summed E-state index contributed by atoms with van der Waals surface area (Å²) in [4.78, 5) is 0. The smallest absolute Gasteiger partial charge is 0.175 e. The Bertz CT molecular complexity index is 405. The minimum absolute atomic E-state index is 0.198. The second kappa shape index (κ2) is 11.0. The van der Waals surface area contributed by atoms with Gasteiger partial charge in [0.05, 0.1) is 22.4 Å². The van der Waals surface area contributed by atoms with Crippen LogP contribution in [-0.4, -0.2) is 34.7 Å². The zero-order valence-corrected chi connectivity index (χ0v) is 21.6. The van der Waals surface area contributed by atoms with Gasteiger partial charge in [0.1, 0.15) is 0 Å². The number of hydrogen-bond acceptors (Lipinski definition) is 4. The molecule has 0 aromatic rings. The van der Waals surface area contributed by atoms with E-state index < -0.39 is 16.8 Å². The summed E-state index contributed by atoms with van der Waals surface area (Å²) in [7, 11) is -1.88. The van der Waals surface area contributed by atoms with Crippen molar-refractivity contribution in [2.24, 2.45) is 0 Å². The SMILES string of the molecule is CC(C)(C)OP(C/C=C/CCP(OC(C)(C)C)OC(C)(C)C)OC(C)(C)C. The van der Waals surface area contributed by atoms with Gasteiger partial charge in [0.2, 0.25) is 0 Å². The van der Waals surface area contributed by atoms with Gasteiger partial charge in [-0.2, -0.15) is 0 Å². The van der Waals surface area contributed by atoms with Crippen LogP contribution in [0.5, 0.6) is 0 Å². The molecule has 0 amide bonds. The summed E-state index contributed by atoms with van der Waals surface area (Å²) in [6, 6.07) is 0. The molecule has 6 heteroatoms. The normalized spacial score (nSPS) is 14.7. The van der Waals surface area contributed by atoms with Gasteiger partial charge in [0.25, 0.3) is 0 Å². The molecule has 0 N–H and O–H groups in total. The molecule has 0 rings (SSSR count). The summed E-state index contributed by atoms with van der Waals surface area (Å²) < 4.78 is 24.5. The molecule has 0 unspecified atom stereocenters. The van der Waals surface area contributed by atoms with Crippen LogP contribution in [0.25, 0.3) is 0 Å². The van der Waals surface area contributed by atoms with Crippen molar-refractivity contribution in [1.82, 2.24) is 0 Å². The molecule has 0 saturated heterocycles. The van der Waals surface area contributed by atoms with E-state index in [1.165, 1.54) is 0 Å². The molecule has 0 saturated carbocycles. The van der Waals surface area contributed by atoms with Gasteiger partial charge in [-0.3, -0.25) is 0 Å². The molecule has 4 nitrogen and oxygen atoms in total. The van der Waals surface area contributed by atoms with E-state index in [9.17, 15) is 0 Å². The molecular formula is C21H44O4P2. The maximum Gasteiger partial charge on any atom is 0.175 e. The van der Waals surface area contributed by atoms with E-state index in [2.05, 4.69) is 95.2 Å². The lowest BCUT2D eigenvalue weighted by Crippen LogP contribution is -2.22. The molecule has 162 valence electrons. The second-order valence-corrected chi connectivity index (χ2v) is 13.5. The molecule has 0 bridgehead atoms. The summed E-state index contributed by atoms with van der Waals surface area (Å²) >= 11 is 0. The molecule has 0 spiro atoms. The Morgan fingerprint density at radius 2 is 0.852 bits per heavy atom. The lowest BCUT2D eigenvalue weighted by atomic mass is 10.2. The van der Waals surface area contributed by atoms with Crippen LogP contribution in [0.3, 0.4) is 0 Å². The number of rotatable bonds is 9. The van der Waals surface area contributed by atoms with Crippen molar-refractivity contribution < 1.29 is 18.1 Å². The van der Waals surface area contributed by atoms with Crippen molar-refractivity contribution in [2.45, 2.75) is 112 Å². The first-order valence-corrected chi connectivity index (χ1v) is 12.6. The first kappa shape index (κ1) is 27.4. The topological polar surface area (TPSA) is 36.9 Å². The van der Waals surface area contributed by atoms with Crippen LogP contribution in [0, 0.1) is 0 Å². The Balaban J connectivity index is 4.67. The minimum Gasteiger partial charge on any atom is -0.328 e. The highest BCUT2D eigenvalue weighted by atomic mass is 31.2. The quantitative estimate of drug-likeness (QED) is 0.280. The van der Waals surface area contributed by atoms with Crippen molar-refractivity contribution in [1.29, 1.82) is 0 Å². The Hall–Kier alpha value is 0.440. The van der Waals surface area contributed by atoms with Crippen LogP contribution in [0.1, 0.15) is 89.5 Å². The van der Waals surface area contributed by atoms with Gasteiger partial charge >= 0.3 is 0 Å². The maximum atomic E-state index is 6.14. The van der Waals surface area contributed by atoms with E-state index in [1.54, 1.807) is 0 Å². The lowest BCUT2D eigenvalue weighted by molar-refractivity contribution is 0.0725. The van der Waals surface area contributed by atoms with Gasteiger partial charge in [-0.1, -0.05) is 12.2 Å². The Morgan fingerprint density at radius 3 is 1.19 bits per heavy atom. The average molecular weight is 423 g/mol. The maximum absolute atomic E-state index is 6.14. The summed E-state index contributed by atoms with van der Waals surface area (Å²) in [5, 5.41) is 0. The third kappa shape index (κ3) is 19.5. The molecule has 0 heterocycles. The summed E-state index contributed by atoms with van der Waals surface area (Å²) in [5.41, 5.74) is -0.813. The van der Waals surface area contributed by atoms with E-state index >= 15 is 0 Å². The summed E-state index contributed by atoms with van der Waals surface area (Å²) in [5.74, 6) is 0. The zero-order chi connectivity index (χ0) is 21.5. The molecule has 27 heavy (non-hydrogen) atoms. The Morgan fingerprint density at radius 1 is 0.519 bits per heavy atom. The van der Waals surface area contributed by atoms with Crippen LogP contribution in [-0.2, 0) is 18.1 Å². The van der Waals surface area contributed by atoms with Gasteiger partial charge in [-0.05, 0) is 89.5 Å². The fourth-order valence-corrected chi connectivity index (χ4v) is 5.41. The molecule has 0 fully saturated rings. The van der Waals surface area contributed by atoms with Gasteiger partial charge in [0.15, 0.2) is 16.8 Å². The van der Waals surface area contributed by atoms with Crippen molar-refractivity contribution in [3.63, 3.8) is 0 Å². The predicted octanol–water partition coefficient (Wildman–Crippen LogP) is 7.82. The van der Waals surface area contributed by atoms with Gasteiger partial charge in [0, 0.05) is 12.3 Å². The molecular weight excluding hydrogens is 378 g/mol. The van der Waals surface area contributed by atoms with Crippen LogP contribution in [0.15, 0.2) is 12.2 Å². The summed E-state index contributed by atoms with van der Waals surface area (Å²) in [6.45, 7) is 24.9. The molecule has 0 aliphatic rings. The molecule has 0 aromatic heterocycles. The van der Waals surface area contributed by atoms with Crippen molar-refractivity contribution in [3.05, 3.63) is 12.2 Å².